The summed E-state index contributed by atoms with van der Waals surface area (Å²) in [5.74, 6) is 1.43. The molecule has 1 rings (SSSR count). The molecule has 2 heteroatoms. The van der Waals surface area contributed by atoms with Crippen molar-refractivity contribution in [3.05, 3.63) is 0 Å². The molecule has 1 atom stereocenters. The third kappa shape index (κ3) is 2.50. The van der Waals surface area contributed by atoms with Crippen LogP contribution in [-0.4, -0.2) is 12.6 Å². The van der Waals surface area contributed by atoms with Crippen molar-refractivity contribution in [1.82, 2.24) is 0 Å². The molecule has 12 heavy (non-hydrogen) atoms. The van der Waals surface area contributed by atoms with Crippen molar-refractivity contribution in [3.8, 4) is 0 Å². The Morgan fingerprint density at radius 3 is 2.42 bits per heavy atom. The molecule has 69 valence electrons. The van der Waals surface area contributed by atoms with Crippen LogP contribution in [0.25, 0.3) is 0 Å². The molecule has 1 fully saturated rings. The minimum absolute atomic E-state index is 0.0648. The minimum Gasteiger partial charge on any atom is -0.454 e. The molecule has 1 aliphatic rings. The number of hydrogen-bond donors (Lipinski definition) is 0. The SMILES string of the molecule is CC1CCC(C(C)O[C]=O)CC1. The summed E-state index contributed by atoms with van der Waals surface area (Å²) in [6.45, 7) is 5.78. The molecule has 0 aliphatic heterocycles. The first-order chi connectivity index (χ1) is 5.74. The second-order valence-corrected chi connectivity index (χ2v) is 3.93. The van der Waals surface area contributed by atoms with Gasteiger partial charge in [-0.25, -0.2) is 4.79 Å². The van der Waals surface area contributed by atoms with Crippen LogP contribution in [0.1, 0.15) is 39.5 Å². The fraction of sp³-hybridized carbons (Fsp3) is 0.900. The zero-order valence-electron chi connectivity index (χ0n) is 7.88. The predicted molar refractivity (Wildman–Crippen MR) is 47.4 cm³/mol. The molecule has 1 aliphatic carbocycles. The third-order valence-corrected chi connectivity index (χ3v) is 2.96. The zero-order chi connectivity index (χ0) is 8.97. The molecular weight excluding hydrogens is 152 g/mol. The summed E-state index contributed by atoms with van der Waals surface area (Å²) in [7, 11) is 0. The lowest BCUT2D eigenvalue weighted by molar-refractivity contribution is 0.0970. The lowest BCUT2D eigenvalue weighted by Crippen LogP contribution is -2.24. The summed E-state index contributed by atoms with van der Waals surface area (Å²) in [5.41, 5.74) is 0. The fourth-order valence-electron chi connectivity index (χ4n) is 1.93. The highest BCUT2D eigenvalue weighted by Gasteiger charge is 2.23. The molecule has 1 unspecified atom stereocenters. The number of ether oxygens (including phenoxy) is 1. The van der Waals surface area contributed by atoms with Crippen molar-refractivity contribution in [2.75, 3.05) is 0 Å². The molecule has 1 saturated carbocycles. The summed E-state index contributed by atoms with van der Waals surface area (Å²) in [6, 6.07) is 0. The minimum atomic E-state index is 0.0648. The van der Waals surface area contributed by atoms with Gasteiger partial charge in [0.1, 0.15) is 6.10 Å². The van der Waals surface area contributed by atoms with E-state index in [1.165, 1.54) is 32.2 Å². The van der Waals surface area contributed by atoms with Crippen molar-refractivity contribution in [1.29, 1.82) is 0 Å². The van der Waals surface area contributed by atoms with Crippen LogP contribution in [0.3, 0.4) is 0 Å². The Bertz CT molecular complexity index is 137. The van der Waals surface area contributed by atoms with Crippen LogP contribution in [0.4, 0.5) is 0 Å². The van der Waals surface area contributed by atoms with Gasteiger partial charge in [-0.15, -0.1) is 0 Å². The normalized spacial score (nSPS) is 32.5. The highest BCUT2D eigenvalue weighted by molar-refractivity contribution is 5.38. The molecule has 1 radical (unpaired) electrons. The molecule has 0 aromatic heterocycles. The summed E-state index contributed by atoms with van der Waals surface area (Å²) in [4.78, 5) is 9.98. The van der Waals surface area contributed by atoms with E-state index in [-0.39, 0.29) is 6.10 Å². The van der Waals surface area contributed by atoms with E-state index >= 15 is 0 Å². The van der Waals surface area contributed by atoms with Crippen molar-refractivity contribution < 1.29 is 9.53 Å². The first-order valence-corrected chi connectivity index (χ1v) is 4.76. The largest absolute Gasteiger partial charge is 0.454 e. The highest BCUT2D eigenvalue weighted by atomic mass is 16.5. The smallest absolute Gasteiger partial charge is 0.417 e. The molecule has 0 aromatic rings. The number of rotatable bonds is 3. The molecule has 0 bridgehead atoms. The van der Waals surface area contributed by atoms with Gasteiger partial charge in [0, 0.05) is 0 Å². The first kappa shape index (κ1) is 9.56. The maximum absolute atomic E-state index is 9.98. The van der Waals surface area contributed by atoms with E-state index in [0.717, 1.165) is 5.92 Å². The topological polar surface area (TPSA) is 26.3 Å². The van der Waals surface area contributed by atoms with Gasteiger partial charge in [-0.1, -0.05) is 19.8 Å². The zero-order valence-corrected chi connectivity index (χ0v) is 7.88. The molecule has 2 nitrogen and oxygen atoms in total. The monoisotopic (exact) mass is 169 g/mol. The summed E-state index contributed by atoms with van der Waals surface area (Å²) in [6.07, 6.45) is 5.01. The average Bonchev–Trinajstić information content (AvgIpc) is 2.06. The van der Waals surface area contributed by atoms with Gasteiger partial charge in [0.15, 0.2) is 0 Å². The van der Waals surface area contributed by atoms with Crippen molar-refractivity contribution >= 4 is 6.47 Å². The Morgan fingerprint density at radius 1 is 1.33 bits per heavy atom. The van der Waals surface area contributed by atoms with Gasteiger partial charge in [-0.05, 0) is 31.6 Å². The molecule has 0 N–H and O–H groups in total. The van der Waals surface area contributed by atoms with Gasteiger partial charge >= 0.3 is 6.47 Å². The van der Waals surface area contributed by atoms with Crippen LogP contribution in [-0.2, 0) is 9.53 Å². The second-order valence-electron chi connectivity index (χ2n) is 3.93. The van der Waals surface area contributed by atoms with E-state index in [1.54, 1.807) is 0 Å². The Hall–Kier alpha value is -0.530. The highest BCUT2D eigenvalue weighted by Crippen LogP contribution is 2.31. The summed E-state index contributed by atoms with van der Waals surface area (Å²) in [5, 5.41) is 0. The standard InChI is InChI=1S/C10H17O2/c1-8-3-5-10(6-4-8)9(2)12-7-11/h8-10H,3-6H2,1-2H3. The molecule has 0 saturated heterocycles. The first-order valence-electron chi connectivity index (χ1n) is 4.76. The van der Waals surface area contributed by atoms with Crippen LogP contribution in [0.2, 0.25) is 0 Å². The van der Waals surface area contributed by atoms with Crippen molar-refractivity contribution in [3.63, 3.8) is 0 Å². The Kier molecular flexibility index (Phi) is 3.57. The Balaban J connectivity index is 2.28. The average molecular weight is 169 g/mol. The van der Waals surface area contributed by atoms with Gasteiger partial charge in [0.25, 0.3) is 0 Å². The van der Waals surface area contributed by atoms with Crippen molar-refractivity contribution in [2.45, 2.75) is 45.6 Å². The van der Waals surface area contributed by atoms with Gasteiger partial charge in [0.2, 0.25) is 0 Å². The van der Waals surface area contributed by atoms with Gasteiger partial charge < -0.3 is 4.74 Å². The lowest BCUT2D eigenvalue weighted by Gasteiger charge is -2.29. The second kappa shape index (κ2) is 4.48. The maximum Gasteiger partial charge on any atom is 0.417 e. The quantitative estimate of drug-likeness (QED) is 0.648. The molecule has 0 heterocycles. The van der Waals surface area contributed by atoms with Crippen LogP contribution in [0.5, 0.6) is 0 Å². The van der Waals surface area contributed by atoms with Crippen LogP contribution < -0.4 is 0 Å². The molecule has 0 amide bonds. The van der Waals surface area contributed by atoms with Gasteiger partial charge in [-0.3, -0.25) is 0 Å². The molecule has 0 spiro atoms. The Morgan fingerprint density at radius 2 is 1.92 bits per heavy atom. The maximum atomic E-state index is 9.98. The van der Waals surface area contributed by atoms with Crippen molar-refractivity contribution in [2.24, 2.45) is 11.8 Å². The van der Waals surface area contributed by atoms with E-state index < -0.39 is 0 Å². The van der Waals surface area contributed by atoms with Crippen LogP contribution in [0.15, 0.2) is 0 Å². The van der Waals surface area contributed by atoms with Crippen LogP contribution >= 0.6 is 0 Å². The number of hydrogen-bond acceptors (Lipinski definition) is 2. The van der Waals surface area contributed by atoms with E-state index in [4.69, 9.17) is 4.74 Å². The van der Waals surface area contributed by atoms with E-state index in [0.29, 0.717) is 5.92 Å². The fourth-order valence-corrected chi connectivity index (χ4v) is 1.93. The Labute approximate surface area is 74.3 Å². The van der Waals surface area contributed by atoms with Gasteiger partial charge in [-0.2, -0.15) is 0 Å². The molecular formula is C10H17O2. The number of carbonyl (C=O) groups excluding carboxylic acids is 1. The van der Waals surface area contributed by atoms with Gasteiger partial charge in [0.05, 0.1) is 0 Å². The van der Waals surface area contributed by atoms with E-state index in [1.807, 2.05) is 6.92 Å². The third-order valence-electron chi connectivity index (χ3n) is 2.96. The lowest BCUT2D eigenvalue weighted by atomic mass is 9.80. The summed E-state index contributed by atoms with van der Waals surface area (Å²) >= 11 is 0. The van der Waals surface area contributed by atoms with Crippen LogP contribution in [0, 0.1) is 11.8 Å². The predicted octanol–water partition coefficient (Wildman–Crippen LogP) is 2.29. The van der Waals surface area contributed by atoms with E-state index in [9.17, 15) is 4.79 Å². The van der Waals surface area contributed by atoms with E-state index in [2.05, 4.69) is 6.92 Å². The molecule has 0 aromatic carbocycles. The summed E-state index contributed by atoms with van der Waals surface area (Å²) < 4.78 is 4.81.